The third-order valence-corrected chi connectivity index (χ3v) is 6.26. The van der Waals surface area contributed by atoms with Gasteiger partial charge in [-0.15, -0.1) is 4.40 Å². The van der Waals surface area contributed by atoms with Crippen LogP contribution in [-0.2, 0) is 17.1 Å². The molecule has 2 aromatic carbocycles. The van der Waals surface area contributed by atoms with E-state index >= 15 is 0 Å². The molecule has 0 aliphatic carbocycles. The fraction of sp³-hybridized carbons (Fsp3) is 0.188. The first kappa shape index (κ1) is 16.2. The van der Waals surface area contributed by atoms with Gasteiger partial charge in [0, 0.05) is 12.1 Å². The summed E-state index contributed by atoms with van der Waals surface area (Å²) in [4.78, 5) is 0.612. The zero-order valence-corrected chi connectivity index (χ0v) is 15.3. The fourth-order valence-electron chi connectivity index (χ4n) is 2.42. The molecule has 0 amide bonds. The molecule has 3 rings (SSSR count). The topological polar surface area (TPSA) is 51.4 Å². The number of aromatic nitrogens is 1. The number of hydrogen-bond donors (Lipinski definition) is 0. The van der Waals surface area contributed by atoms with Crippen LogP contribution < -0.4 is 4.80 Å². The van der Waals surface area contributed by atoms with Gasteiger partial charge in [-0.05, 0) is 43.7 Å². The molecule has 4 nitrogen and oxygen atoms in total. The van der Waals surface area contributed by atoms with Crippen LogP contribution in [0.25, 0.3) is 10.2 Å². The first-order chi connectivity index (χ1) is 10.8. The van der Waals surface area contributed by atoms with E-state index in [2.05, 4.69) is 4.40 Å². The van der Waals surface area contributed by atoms with Crippen molar-refractivity contribution >= 4 is 43.2 Å². The van der Waals surface area contributed by atoms with E-state index in [0.29, 0.717) is 9.82 Å². The van der Waals surface area contributed by atoms with Crippen molar-refractivity contribution in [2.24, 2.45) is 11.4 Å². The SMILES string of the molecule is Cc1ccc(S(=O)(=O)N=c2sc3cc(Cl)cc(C)c3n2C)cc1. The Morgan fingerprint density at radius 3 is 2.43 bits per heavy atom. The number of aryl methyl sites for hydroxylation is 3. The molecule has 0 saturated carbocycles. The molecule has 23 heavy (non-hydrogen) atoms. The van der Waals surface area contributed by atoms with Crippen molar-refractivity contribution in [2.75, 3.05) is 0 Å². The average molecular weight is 367 g/mol. The second kappa shape index (κ2) is 5.78. The number of fused-ring (bicyclic) bond motifs is 1. The lowest BCUT2D eigenvalue weighted by Gasteiger charge is -2.01. The second-order valence-corrected chi connectivity index (χ2v) is 8.44. The van der Waals surface area contributed by atoms with Crippen molar-refractivity contribution in [1.29, 1.82) is 0 Å². The van der Waals surface area contributed by atoms with Crippen molar-refractivity contribution in [3.63, 3.8) is 0 Å². The minimum absolute atomic E-state index is 0.190. The van der Waals surface area contributed by atoms with E-state index in [9.17, 15) is 8.42 Å². The highest BCUT2D eigenvalue weighted by molar-refractivity contribution is 7.90. The first-order valence-electron chi connectivity index (χ1n) is 6.91. The Bertz CT molecular complexity index is 1060. The van der Waals surface area contributed by atoms with E-state index in [4.69, 9.17) is 11.6 Å². The molecule has 0 saturated heterocycles. The number of thiazole rings is 1. The van der Waals surface area contributed by atoms with Crippen LogP contribution in [0.3, 0.4) is 0 Å². The molecule has 7 heteroatoms. The van der Waals surface area contributed by atoms with Crippen LogP contribution in [0.1, 0.15) is 11.1 Å². The Kier molecular flexibility index (Phi) is 4.08. The summed E-state index contributed by atoms with van der Waals surface area (Å²) < 4.78 is 31.7. The third-order valence-electron chi connectivity index (χ3n) is 3.57. The van der Waals surface area contributed by atoms with E-state index in [-0.39, 0.29) is 4.90 Å². The highest BCUT2D eigenvalue weighted by Crippen LogP contribution is 2.25. The van der Waals surface area contributed by atoms with Gasteiger partial charge in [0.15, 0.2) is 0 Å². The van der Waals surface area contributed by atoms with Gasteiger partial charge in [-0.25, -0.2) is 0 Å². The molecule has 0 N–H and O–H groups in total. The summed E-state index contributed by atoms with van der Waals surface area (Å²) in [6.07, 6.45) is 0. The molecule has 0 fully saturated rings. The maximum absolute atomic E-state index is 12.5. The number of benzene rings is 2. The Hall–Kier alpha value is -1.63. The predicted octanol–water partition coefficient (Wildman–Crippen LogP) is 3.80. The average Bonchev–Trinajstić information content (AvgIpc) is 2.75. The van der Waals surface area contributed by atoms with Gasteiger partial charge < -0.3 is 4.57 Å². The second-order valence-electron chi connectivity index (χ2n) is 5.39. The van der Waals surface area contributed by atoms with Gasteiger partial charge in [-0.3, -0.25) is 0 Å². The number of sulfonamides is 1. The number of rotatable bonds is 2. The quantitative estimate of drug-likeness (QED) is 0.692. The van der Waals surface area contributed by atoms with E-state index < -0.39 is 10.0 Å². The molecule has 0 atom stereocenters. The molecule has 1 heterocycles. The Labute approximate surface area is 143 Å². The van der Waals surface area contributed by atoms with Gasteiger partial charge in [-0.1, -0.05) is 40.6 Å². The molecule has 0 spiro atoms. The van der Waals surface area contributed by atoms with Gasteiger partial charge in [0.05, 0.1) is 15.1 Å². The van der Waals surface area contributed by atoms with Crippen molar-refractivity contribution in [1.82, 2.24) is 4.57 Å². The number of hydrogen-bond acceptors (Lipinski definition) is 3. The molecule has 1 aromatic heterocycles. The van der Waals surface area contributed by atoms with Crippen LogP contribution in [0.5, 0.6) is 0 Å². The summed E-state index contributed by atoms with van der Waals surface area (Å²) in [5.41, 5.74) is 2.93. The van der Waals surface area contributed by atoms with Gasteiger partial charge in [0.25, 0.3) is 10.0 Å². The molecule has 120 valence electrons. The lowest BCUT2D eigenvalue weighted by Crippen LogP contribution is -2.14. The zero-order valence-electron chi connectivity index (χ0n) is 12.9. The van der Waals surface area contributed by atoms with Crippen LogP contribution in [0.15, 0.2) is 45.7 Å². The van der Waals surface area contributed by atoms with Crippen LogP contribution in [0.2, 0.25) is 5.02 Å². The molecule has 0 bridgehead atoms. The van der Waals surface area contributed by atoms with E-state index in [0.717, 1.165) is 21.3 Å². The molecule has 0 unspecified atom stereocenters. The van der Waals surface area contributed by atoms with Gasteiger partial charge >= 0.3 is 0 Å². The minimum atomic E-state index is -3.74. The fourth-order valence-corrected chi connectivity index (χ4v) is 5.12. The minimum Gasteiger partial charge on any atom is -0.319 e. The van der Waals surface area contributed by atoms with E-state index in [1.807, 2.05) is 33.0 Å². The maximum Gasteiger partial charge on any atom is 0.285 e. The Balaban J connectivity index is 2.23. The zero-order chi connectivity index (χ0) is 16.8. The summed E-state index contributed by atoms with van der Waals surface area (Å²) in [6.45, 7) is 3.85. The summed E-state index contributed by atoms with van der Waals surface area (Å²) in [5, 5.41) is 0.629. The van der Waals surface area contributed by atoms with Gasteiger partial charge in [0.1, 0.15) is 0 Å². The summed E-state index contributed by atoms with van der Waals surface area (Å²) in [6, 6.07) is 10.3. The molecule has 0 aliphatic rings. The maximum atomic E-state index is 12.5. The monoisotopic (exact) mass is 366 g/mol. The lowest BCUT2D eigenvalue weighted by molar-refractivity contribution is 0.596. The molecular formula is C16H15ClN2O2S2. The lowest BCUT2D eigenvalue weighted by atomic mass is 10.2. The van der Waals surface area contributed by atoms with Gasteiger partial charge in [-0.2, -0.15) is 8.42 Å². The van der Waals surface area contributed by atoms with Crippen LogP contribution in [0, 0.1) is 13.8 Å². The largest absolute Gasteiger partial charge is 0.319 e. The number of halogens is 1. The van der Waals surface area contributed by atoms with Crippen molar-refractivity contribution in [3.05, 3.63) is 57.3 Å². The van der Waals surface area contributed by atoms with Crippen molar-refractivity contribution < 1.29 is 8.42 Å². The van der Waals surface area contributed by atoms with Crippen LogP contribution in [-0.4, -0.2) is 13.0 Å². The Morgan fingerprint density at radius 1 is 1.13 bits per heavy atom. The molecular weight excluding hydrogens is 352 g/mol. The third kappa shape index (κ3) is 3.06. The normalized spacial score (nSPS) is 13.0. The predicted molar refractivity (Wildman–Crippen MR) is 94.5 cm³/mol. The summed E-state index contributed by atoms with van der Waals surface area (Å²) in [5.74, 6) is 0. The van der Waals surface area contributed by atoms with E-state index in [1.54, 1.807) is 28.8 Å². The first-order valence-corrected chi connectivity index (χ1v) is 9.55. The highest BCUT2D eigenvalue weighted by Gasteiger charge is 2.14. The Morgan fingerprint density at radius 2 is 1.78 bits per heavy atom. The van der Waals surface area contributed by atoms with Crippen LogP contribution >= 0.6 is 22.9 Å². The molecule has 3 aromatic rings. The van der Waals surface area contributed by atoms with Crippen molar-refractivity contribution in [2.45, 2.75) is 18.7 Å². The smallest absolute Gasteiger partial charge is 0.285 e. The number of nitrogens with zero attached hydrogens (tertiary/aromatic N) is 2. The summed E-state index contributed by atoms with van der Waals surface area (Å²) >= 11 is 7.39. The summed E-state index contributed by atoms with van der Waals surface area (Å²) in [7, 11) is -1.93. The molecule has 0 aliphatic heterocycles. The molecule has 0 radical (unpaired) electrons. The van der Waals surface area contributed by atoms with Crippen LogP contribution in [0.4, 0.5) is 0 Å². The van der Waals surface area contributed by atoms with Crippen molar-refractivity contribution in [3.8, 4) is 0 Å². The van der Waals surface area contributed by atoms with E-state index in [1.165, 1.54) is 11.3 Å². The highest BCUT2D eigenvalue weighted by atomic mass is 35.5. The standard InChI is InChI=1S/C16H15ClN2O2S2/c1-10-4-6-13(7-5-10)23(20,21)18-16-19(3)15-11(2)8-12(17)9-14(15)22-16/h4-9H,1-3H3. The van der Waals surface area contributed by atoms with Gasteiger partial charge in [0.2, 0.25) is 4.80 Å².